The number of carbonyl (C=O) groups excluding carboxylic acids is 1. The van der Waals surface area contributed by atoms with E-state index in [0.29, 0.717) is 23.3 Å². The molecular formula is C12H15BrN2O3. The van der Waals surface area contributed by atoms with Gasteiger partial charge in [0.2, 0.25) is 0 Å². The van der Waals surface area contributed by atoms with Crippen LogP contribution < -0.4 is 0 Å². The quantitative estimate of drug-likeness (QED) is 0.790. The van der Waals surface area contributed by atoms with Crippen LogP contribution in [0.5, 0.6) is 0 Å². The lowest BCUT2D eigenvalue weighted by atomic mass is 10.2. The lowest BCUT2D eigenvalue weighted by Gasteiger charge is -2.15. The van der Waals surface area contributed by atoms with Crippen molar-refractivity contribution in [3.63, 3.8) is 0 Å². The van der Waals surface area contributed by atoms with E-state index in [0.717, 1.165) is 0 Å². The summed E-state index contributed by atoms with van der Waals surface area (Å²) in [5, 5.41) is 0. The Labute approximate surface area is 114 Å². The number of hydrogen-bond acceptors (Lipinski definition) is 4. The number of methoxy groups -OCH3 is 2. The van der Waals surface area contributed by atoms with Gasteiger partial charge in [-0.2, -0.15) is 0 Å². The number of aromatic nitrogens is 1. The zero-order valence-electron chi connectivity index (χ0n) is 10.3. The molecule has 1 saturated heterocycles. The molecule has 2 heterocycles. The molecule has 0 spiro atoms. The Bertz CT molecular complexity index is 429. The van der Waals surface area contributed by atoms with Crippen molar-refractivity contribution < 1.29 is 14.3 Å². The highest BCUT2D eigenvalue weighted by atomic mass is 79.9. The second-order valence-corrected chi connectivity index (χ2v) is 4.94. The van der Waals surface area contributed by atoms with E-state index >= 15 is 0 Å². The number of likely N-dealkylation sites (tertiary alicyclic amines) is 1. The second kappa shape index (κ2) is 5.77. The van der Waals surface area contributed by atoms with E-state index in [-0.39, 0.29) is 18.1 Å². The fraction of sp³-hybridized carbons (Fsp3) is 0.500. The molecule has 0 saturated carbocycles. The summed E-state index contributed by atoms with van der Waals surface area (Å²) in [6.45, 7) is 1.10. The molecule has 1 aromatic rings. The molecule has 2 unspecified atom stereocenters. The number of pyridine rings is 1. The van der Waals surface area contributed by atoms with Crippen LogP contribution in [0.25, 0.3) is 0 Å². The number of rotatable bonds is 3. The predicted octanol–water partition coefficient (Wildman–Crippen LogP) is 1.33. The van der Waals surface area contributed by atoms with Crippen molar-refractivity contribution in [3.8, 4) is 0 Å². The van der Waals surface area contributed by atoms with Crippen LogP contribution in [0, 0.1) is 0 Å². The molecule has 98 valence electrons. The zero-order chi connectivity index (χ0) is 13.1. The third kappa shape index (κ3) is 2.71. The van der Waals surface area contributed by atoms with Crippen LogP contribution >= 0.6 is 15.9 Å². The van der Waals surface area contributed by atoms with Crippen molar-refractivity contribution >= 4 is 21.8 Å². The van der Waals surface area contributed by atoms with Crippen molar-refractivity contribution in [3.05, 3.63) is 28.5 Å². The fourth-order valence-corrected chi connectivity index (χ4v) is 2.45. The molecule has 0 aromatic carbocycles. The van der Waals surface area contributed by atoms with Gasteiger partial charge < -0.3 is 14.4 Å². The average molecular weight is 315 g/mol. The molecule has 6 heteroatoms. The van der Waals surface area contributed by atoms with Crippen LogP contribution in [-0.4, -0.2) is 55.3 Å². The average Bonchev–Trinajstić information content (AvgIpc) is 2.81. The highest BCUT2D eigenvalue weighted by Gasteiger charge is 2.35. The third-order valence-corrected chi connectivity index (χ3v) is 3.52. The van der Waals surface area contributed by atoms with Crippen LogP contribution in [0.3, 0.4) is 0 Å². The Morgan fingerprint density at radius 1 is 1.39 bits per heavy atom. The minimum atomic E-state index is -0.0655. The van der Waals surface area contributed by atoms with Crippen molar-refractivity contribution in [1.29, 1.82) is 0 Å². The van der Waals surface area contributed by atoms with Crippen LogP contribution in [-0.2, 0) is 9.47 Å². The first-order valence-corrected chi connectivity index (χ1v) is 6.41. The molecule has 2 rings (SSSR count). The van der Waals surface area contributed by atoms with Gasteiger partial charge in [0.25, 0.3) is 5.91 Å². The summed E-state index contributed by atoms with van der Waals surface area (Å²) in [5.41, 5.74) is 0.614. The van der Waals surface area contributed by atoms with Gasteiger partial charge >= 0.3 is 0 Å². The molecule has 1 amide bonds. The van der Waals surface area contributed by atoms with Gasteiger partial charge in [-0.05, 0) is 28.1 Å². The normalized spacial score (nSPS) is 23.4. The van der Waals surface area contributed by atoms with Gasteiger partial charge in [-0.25, -0.2) is 4.98 Å². The molecule has 1 aliphatic heterocycles. The summed E-state index contributed by atoms with van der Waals surface area (Å²) < 4.78 is 11.3. The lowest BCUT2D eigenvalue weighted by Crippen LogP contribution is -2.30. The molecule has 18 heavy (non-hydrogen) atoms. The summed E-state index contributed by atoms with van der Waals surface area (Å²) in [7, 11) is 3.27. The van der Waals surface area contributed by atoms with E-state index in [2.05, 4.69) is 20.9 Å². The summed E-state index contributed by atoms with van der Waals surface area (Å²) in [6, 6.07) is 3.42. The number of halogens is 1. The van der Waals surface area contributed by atoms with E-state index in [1.54, 1.807) is 37.4 Å². The van der Waals surface area contributed by atoms with E-state index in [1.165, 1.54) is 0 Å². The number of amides is 1. The maximum absolute atomic E-state index is 12.3. The predicted molar refractivity (Wildman–Crippen MR) is 69.4 cm³/mol. The van der Waals surface area contributed by atoms with E-state index in [9.17, 15) is 4.79 Å². The third-order valence-electron chi connectivity index (χ3n) is 3.08. The van der Waals surface area contributed by atoms with E-state index < -0.39 is 0 Å². The van der Waals surface area contributed by atoms with Crippen LogP contribution in [0.4, 0.5) is 0 Å². The Morgan fingerprint density at radius 2 is 2.00 bits per heavy atom. The molecule has 0 radical (unpaired) electrons. The molecular weight excluding hydrogens is 300 g/mol. The molecule has 0 bridgehead atoms. The number of ether oxygens (including phenoxy) is 2. The highest BCUT2D eigenvalue weighted by molar-refractivity contribution is 9.10. The first-order valence-electron chi connectivity index (χ1n) is 5.62. The smallest absolute Gasteiger partial charge is 0.254 e. The van der Waals surface area contributed by atoms with Crippen molar-refractivity contribution in [1.82, 2.24) is 9.88 Å². The Balaban J connectivity index is 2.11. The zero-order valence-corrected chi connectivity index (χ0v) is 11.9. The molecule has 0 aliphatic carbocycles. The summed E-state index contributed by atoms with van der Waals surface area (Å²) in [4.78, 5) is 18.0. The summed E-state index contributed by atoms with van der Waals surface area (Å²) in [5.74, 6) is -0.0281. The Morgan fingerprint density at radius 3 is 2.50 bits per heavy atom. The molecule has 1 aliphatic rings. The van der Waals surface area contributed by atoms with Gasteiger partial charge in [0.15, 0.2) is 0 Å². The minimum Gasteiger partial charge on any atom is -0.377 e. The Kier molecular flexibility index (Phi) is 4.31. The van der Waals surface area contributed by atoms with Crippen molar-refractivity contribution in [2.45, 2.75) is 12.2 Å². The first-order chi connectivity index (χ1) is 8.65. The molecule has 1 fully saturated rings. The van der Waals surface area contributed by atoms with Crippen molar-refractivity contribution in [2.24, 2.45) is 0 Å². The minimum absolute atomic E-state index is 0.0281. The van der Waals surface area contributed by atoms with Gasteiger partial charge in [0, 0.05) is 39.1 Å². The van der Waals surface area contributed by atoms with Crippen LogP contribution in [0.1, 0.15) is 10.4 Å². The topological polar surface area (TPSA) is 51.7 Å². The van der Waals surface area contributed by atoms with Crippen LogP contribution in [0.2, 0.25) is 0 Å². The highest BCUT2D eigenvalue weighted by Crippen LogP contribution is 2.19. The van der Waals surface area contributed by atoms with Gasteiger partial charge in [0.05, 0.1) is 0 Å². The van der Waals surface area contributed by atoms with E-state index in [1.807, 2.05) is 0 Å². The maximum Gasteiger partial charge on any atom is 0.254 e. The molecule has 2 atom stereocenters. The fourth-order valence-electron chi connectivity index (χ4n) is 2.08. The van der Waals surface area contributed by atoms with Crippen molar-refractivity contribution in [2.75, 3.05) is 27.3 Å². The van der Waals surface area contributed by atoms with E-state index in [4.69, 9.17) is 9.47 Å². The number of carbonyl (C=O) groups is 1. The standard InChI is InChI=1S/C12H15BrN2O3/c1-17-9-6-15(7-10(9)18-2)12(16)8-3-4-14-11(13)5-8/h3-5,9-10H,6-7H2,1-2H3. The van der Waals surface area contributed by atoms with Crippen LogP contribution in [0.15, 0.2) is 22.9 Å². The second-order valence-electron chi connectivity index (χ2n) is 4.13. The maximum atomic E-state index is 12.3. The summed E-state index contributed by atoms with van der Waals surface area (Å²) in [6.07, 6.45) is 1.48. The monoisotopic (exact) mass is 314 g/mol. The summed E-state index contributed by atoms with van der Waals surface area (Å²) >= 11 is 3.26. The number of hydrogen-bond donors (Lipinski definition) is 0. The van der Waals surface area contributed by atoms with Gasteiger partial charge in [-0.1, -0.05) is 0 Å². The first kappa shape index (κ1) is 13.5. The molecule has 5 nitrogen and oxygen atoms in total. The Hall–Kier alpha value is -0.980. The van der Waals surface area contributed by atoms with Gasteiger partial charge in [-0.15, -0.1) is 0 Å². The largest absolute Gasteiger partial charge is 0.377 e. The SMILES string of the molecule is COC1CN(C(=O)c2ccnc(Br)c2)CC1OC. The lowest BCUT2D eigenvalue weighted by molar-refractivity contribution is -0.00461. The van der Waals surface area contributed by atoms with Gasteiger partial charge in [-0.3, -0.25) is 4.79 Å². The number of nitrogens with zero attached hydrogens (tertiary/aromatic N) is 2. The van der Waals surface area contributed by atoms with Gasteiger partial charge in [0.1, 0.15) is 16.8 Å². The molecule has 0 N–H and O–H groups in total. The molecule has 1 aromatic heterocycles.